The van der Waals surface area contributed by atoms with Crippen LogP contribution in [0.4, 0.5) is 0 Å². The molecule has 1 heterocycles. The van der Waals surface area contributed by atoms with Crippen LogP contribution in [0.25, 0.3) is 0 Å². The Hall–Kier alpha value is -1.00. The Kier molecular flexibility index (Phi) is 3.69. The topological polar surface area (TPSA) is 61.0 Å². The largest absolute Gasteiger partial charge is 0.373 e. The zero-order valence-corrected chi connectivity index (χ0v) is 11.7. The fourth-order valence-corrected chi connectivity index (χ4v) is 2.73. The van der Waals surface area contributed by atoms with Crippen LogP contribution in [0.2, 0.25) is 0 Å². The molecule has 2 unspecified atom stereocenters. The molecule has 0 amide bonds. The molecule has 1 aromatic heterocycles. The highest BCUT2D eigenvalue weighted by molar-refractivity contribution is 5.26. The molecule has 0 saturated heterocycles. The van der Waals surface area contributed by atoms with E-state index in [0.29, 0.717) is 0 Å². The van der Waals surface area contributed by atoms with Crippen LogP contribution in [0.15, 0.2) is 6.20 Å². The first-order valence-electron chi connectivity index (χ1n) is 6.61. The summed E-state index contributed by atoms with van der Waals surface area (Å²) in [6.07, 6.45) is 4.71. The van der Waals surface area contributed by atoms with Gasteiger partial charge in [0, 0.05) is 30.6 Å². The fraction of sp³-hybridized carbons (Fsp3) is 0.714. The van der Waals surface area contributed by atoms with Gasteiger partial charge in [0.1, 0.15) is 6.10 Å². The monoisotopic (exact) mass is 249 g/mol. The molecule has 2 N–H and O–H groups in total. The minimum atomic E-state index is -0.0171. The number of nitrogens with two attached hydrogens (primary N) is 1. The van der Waals surface area contributed by atoms with Gasteiger partial charge in [0.2, 0.25) is 0 Å². The Balaban J connectivity index is 2.37. The Labute approximate surface area is 109 Å². The molecule has 1 aromatic rings. The lowest BCUT2D eigenvalue weighted by atomic mass is 9.74. The summed E-state index contributed by atoms with van der Waals surface area (Å²) in [7, 11) is 1.70. The summed E-state index contributed by atoms with van der Waals surface area (Å²) < 4.78 is 5.40. The lowest BCUT2D eigenvalue weighted by Gasteiger charge is -2.34. The third-order valence-corrected chi connectivity index (χ3v) is 3.68. The second-order valence-electron chi connectivity index (χ2n) is 5.91. The number of methoxy groups -OCH3 is 1. The molecule has 4 nitrogen and oxygen atoms in total. The van der Waals surface area contributed by atoms with Gasteiger partial charge in [-0.25, -0.2) is 9.97 Å². The van der Waals surface area contributed by atoms with Crippen molar-refractivity contribution < 1.29 is 4.74 Å². The summed E-state index contributed by atoms with van der Waals surface area (Å²) in [5, 5.41) is 0. The van der Waals surface area contributed by atoms with Crippen molar-refractivity contribution in [2.24, 2.45) is 11.1 Å². The van der Waals surface area contributed by atoms with Crippen LogP contribution in [0.5, 0.6) is 0 Å². The molecular formula is C14H23N3O. The molecule has 0 fully saturated rings. The van der Waals surface area contributed by atoms with E-state index in [1.54, 1.807) is 7.11 Å². The van der Waals surface area contributed by atoms with Crippen molar-refractivity contribution in [2.75, 3.05) is 7.11 Å². The van der Waals surface area contributed by atoms with Crippen LogP contribution < -0.4 is 5.73 Å². The number of aromatic nitrogens is 2. The maximum atomic E-state index is 6.20. The lowest BCUT2D eigenvalue weighted by Crippen LogP contribution is -2.31. The van der Waals surface area contributed by atoms with Crippen molar-refractivity contribution in [3.63, 3.8) is 0 Å². The van der Waals surface area contributed by atoms with Crippen LogP contribution in [0.1, 0.15) is 62.8 Å². The molecule has 0 aromatic carbocycles. The summed E-state index contributed by atoms with van der Waals surface area (Å²) in [5.41, 5.74) is 8.61. The molecule has 1 aliphatic rings. The molecule has 0 aliphatic heterocycles. The predicted octanol–water partition coefficient (Wildman–Crippen LogP) is 2.55. The normalized spacial score (nSPS) is 23.5. The molecule has 0 saturated carbocycles. The maximum absolute atomic E-state index is 6.20. The number of hydrogen-bond acceptors (Lipinski definition) is 4. The molecule has 100 valence electrons. The quantitative estimate of drug-likeness (QED) is 0.894. The molecule has 18 heavy (non-hydrogen) atoms. The highest BCUT2D eigenvalue weighted by Crippen LogP contribution is 2.38. The zero-order valence-electron chi connectivity index (χ0n) is 11.7. The third-order valence-electron chi connectivity index (χ3n) is 3.68. The first kappa shape index (κ1) is 13.4. The van der Waals surface area contributed by atoms with E-state index in [-0.39, 0.29) is 17.6 Å². The van der Waals surface area contributed by atoms with Crippen molar-refractivity contribution >= 4 is 0 Å². The molecular weight excluding hydrogens is 226 g/mol. The van der Waals surface area contributed by atoms with Crippen molar-refractivity contribution in [3.05, 3.63) is 23.3 Å². The second-order valence-corrected chi connectivity index (χ2v) is 5.91. The smallest absolute Gasteiger partial charge is 0.157 e. The van der Waals surface area contributed by atoms with Gasteiger partial charge in [-0.1, -0.05) is 20.8 Å². The van der Waals surface area contributed by atoms with Crippen molar-refractivity contribution in [1.82, 2.24) is 9.97 Å². The number of nitrogens with zero attached hydrogens (tertiary/aromatic N) is 2. The van der Waals surface area contributed by atoms with Crippen molar-refractivity contribution in [2.45, 2.75) is 52.2 Å². The molecule has 2 rings (SSSR count). The zero-order chi connectivity index (χ0) is 13.3. The number of rotatable bonds is 3. The van der Waals surface area contributed by atoms with Gasteiger partial charge in [0.25, 0.3) is 0 Å². The van der Waals surface area contributed by atoms with Crippen LogP contribution in [0.3, 0.4) is 0 Å². The second kappa shape index (κ2) is 4.94. The Morgan fingerprint density at radius 1 is 1.56 bits per heavy atom. The Bertz CT molecular complexity index is 427. The van der Waals surface area contributed by atoms with E-state index in [2.05, 4.69) is 30.7 Å². The summed E-state index contributed by atoms with van der Waals surface area (Å²) in [5.74, 6) is 0.781. The summed E-state index contributed by atoms with van der Waals surface area (Å²) in [6, 6.07) is 0.0559. The molecule has 4 heteroatoms. The van der Waals surface area contributed by atoms with Gasteiger partial charge >= 0.3 is 0 Å². The van der Waals surface area contributed by atoms with Gasteiger partial charge < -0.3 is 10.5 Å². The molecule has 2 atom stereocenters. The highest BCUT2D eigenvalue weighted by atomic mass is 16.5. The predicted molar refractivity (Wildman–Crippen MR) is 71.1 cm³/mol. The molecule has 0 radical (unpaired) electrons. The Morgan fingerprint density at radius 2 is 2.28 bits per heavy atom. The van der Waals surface area contributed by atoms with Gasteiger partial charge in [-0.3, -0.25) is 0 Å². The number of fused-ring (bicyclic) bond motifs is 1. The van der Waals surface area contributed by atoms with E-state index in [4.69, 9.17) is 10.5 Å². The van der Waals surface area contributed by atoms with Gasteiger partial charge in [0.15, 0.2) is 5.82 Å². The molecule has 1 aliphatic carbocycles. The van der Waals surface area contributed by atoms with Crippen LogP contribution in [-0.4, -0.2) is 17.1 Å². The third kappa shape index (κ3) is 2.54. The van der Waals surface area contributed by atoms with Gasteiger partial charge in [0.05, 0.1) is 0 Å². The van der Waals surface area contributed by atoms with E-state index < -0.39 is 0 Å². The average Bonchev–Trinajstić information content (AvgIpc) is 2.28. The molecule has 0 spiro atoms. The maximum Gasteiger partial charge on any atom is 0.157 e. The van der Waals surface area contributed by atoms with Crippen LogP contribution >= 0.6 is 0 Å². The SMILES string of the molecule is CCC(OC)c1ncc2c(n1)CC(C)(C)CC2N. The molecule has 0 bridgehead atoms. The lowest BCUT2D eigenvalue weighted by molar-refractivity contribution is 0.0919. The first-order chi connectivity index (χ1) is 8.46. The van der Waals surface area contributed by atoms with E-state index in [1.807, 2.05) is 6.20 Å². The Morgan fingerprint density at radius 3 is 2.89 bits per heavy atom. The van der Waals surface area contributed by atoms with Gasteiger partial charge in [-0.15, -0.1) is 0 Å². The standard InChI is InChI=1S/C14H23N3O/c1-5-12(18-4)13-16-8-9-10(15)6-14(2,3)7-11(9)17-13/h8,10,12H,5-7,15H2,1-4H3. The summed E-state index contributed by atoms with van der Waals surface area (Å²) in [4.78, 5) is 9.10. The van der Waals surface area contributed by atoms with Crippen molar-refractivity contribution in [1.29, 1.82) is 0 Å². The van der Waals surface area contributed by atoms with E-state index >= 15 is 0 Å². The van der Waals surface area contributed by atoms with Crippen molar-refractivity contribution in [3.8, 4) is 0 Å². The summed E-state index contributed by atoms with van der Waals surface area (Å²) >= 11 is 0. The minimum Gasteiger partial charge on any atom is -0.373 e. The number of hydrogen-bond donors (Lipinski definition) is 1. The minimum absolute atomic E-state index is 0.0171. The fourth-order valence-electron chi connectivity index (χ4n) is 2.73. The van der Waals surface area contributed by atoms with Gasteiger partial charge in [-0.05, 0) is 24.7 Å². The van der Waals surface area contributed by atoms with E-state index in [9.17, 15) is 0 Å². The average molecular weight is 249 g/mol. The summed E-state index contributed by atoms with van der Waals surface area (Å²) in [6.45, 7) is 6.56. The first-order valence-corrected chi connectivity index (χ1v) is 6.61. The van der Waals surface area contributed by atoms with Gasteiger partial charge in [-0.2, -0.15) is 0 Å². The van der Waals surface area contributed by atoms with Crippen LogP contribution in [0, 0.1) is 5.41 Å². The number of ether oxygens (including phenoxy) is 1. The van der Waals surface area contributed by atoms with E-state index in [1.165, 1.54) is 0 Å². The van der Waals surface area contributed by atoms with E-state index in [0.717, 1.165) is 36.3 Å². The highest BCUT2D eigenvalue weighted by Gasteiger charge is 2.32. The van der Waals surface area contributed by atoms with Crippen LogP contribution in [-0.2, 0) is 11.2 Å².